The fourth-order valence-electron chi connectivity index (χ4n) is 2.16. The summed E-state index contributed by atoms with van der Waals surface area (Å²) in [6, 6.07) is 11.3. The van der Waals surface area contributed by atoms with Crippen LogP contribution < -0.4 is 5.32 Å². The Labute approximate surface area is 80.2 Å². The molecule has 1 aliphatic rings. The first-order chi connectivity index (χ1) is 6.38. The van der Waals surface area contributed by atoms with E-state index in [1.54, 1.807) is 0 Å². The lowest BCUT2D eigenvalue weighted by Crippen LogP contribution is -2.32. The molecule has 0 saturated carbocycles. The van der Waals surface area contributed by atoms with Crippen molar-refractivity contribution in [3.8, 4) is 0 Å². The van der Waals surface area contributed by atoms with E-state index in [-0.39, 0.29) is 0 Å². The van der Waals surface area contributed by atoms with E-state index in [0.717, 1.165) is 5.92 Å². The second-order valence-corrected chi connectivity index (χ2v) is 3.96. The third-order valence-corrected chi connectivity index (χ3v) is 2.93. The lowest BCUT2D eigenvalue weighted by molar-refractivity contribution is 0.306. The van der Waals surface area contributed by atoms with Crippen LogP contribution in [0.1, 0.15) is 31.4 Å². The Morgan fingerprint density at radius 3 is 2.69 bits per heavy atom. The molecule has 0 aromatic heterocycles. The molecule has 1 N–H and O–H groups in total. The Hall–Kier alpha value is -0.820. The first-order valence-electron chi connectivity index (χ1n) is 5.16. The van der Waals surface area contributed by atoms with Crippen LogP contribution in [-0.4, -0.2) is 6.54 Å². The van der Waals surface area contributed by atoms with E-state index < -0.39 is 0 Å². The highest BCUT2D eigenvalue weighted by Gasteiger charge is 2.21. The smallest absolute Gasteiger partial charge is 0.0346 e. The average Bonchev–Trinajstić information content (AvgIpc) is 2.20. The summed E-state index contributed by atoms with van der Waals surface area (Å²) in [4.78, 5) is 0. The zero-order valence-corrected chi connectivity index (χ0v) is 8.16. The molecule has 0 radical (unpaired) electrons. The van der Waals surface area contributed by atoms with Gasteiger partial charge in [0.2, 0.25) is 0 Å². The number of rotatable bonds is 1. The summed E-state index contributed by atoms with van der Waals surface area (Å²) < 4.78 is 0. The summed E-state index contributed by atoms with van der Waals surface area (Å²) in [5.74, 6) is 0.774. The van der Waals surface area contributed by atoms with Gasteiger partial charge in [0.05, 0.1) is 0 Å². The molecular formula is C12H17N. The topological polar surface area (TPSA) is 12.0 Å². The molecule has 0 aliphatic carbocycles. The summed E-state index contributed by atoms with van der Waals surface area (Å²) in [6.07, 6.45) is 2.68. The van der Waals surface area contributed by atoms with Gasteiger partial charge in [0.25, 0.3) is 0 Å². The van der Waals surface area contributed by atoms with Crippen LogP contribution in [0.15, 0.2) is 30.3 Å². The van der Waals surface area contributed by atoms with Crippen molar-refractivity contribution >= 4 is 0 Å². The molecule has 1 heteroatoms. The molecule has 0 bridgehead atoms. The maximum Gasteiger partial charge on any atom is 0.0346 e. The van der Waals surface area contributed by atoms with E-state index in [4.69, 9.17) is 0 Å². The van der Waals surface area contributed by atoms with E-state index in [9.17, 15) is 0 Å². The van der Waals surface area contributed by atoms with E-state index in [1.807, 2.05) is 0 Å². The fourth-order valence-corrected chi connectivity index (χ4v) is 2.16. The standard InChI is InChI=1S/C12H17N/c1-10-6-5-9-13-12(10)11-7-3-2-4-8-11/h2-4,7-8,10,12-13H,5-6,9H2,1H3/t10-,12-/m0/s1. The minimum absolute atomic E-state index is 0.579. The normalized spacial score (nSPS) is 28.7. The van der Waals surface area contributed by atoms with Crippen molar-refractivity contribution in [2.75, 3.05) is 6.54 Å². The molecule has 1 saturated heterocycles. The lowest BCUT2D eigenvalue weighted by atomic mass is 9.88. The van der Waals surface area contributed by atoms with Gasteiger partial charge >= 0.3 is 0 Å². The van der Waals surface area contributed by atoms with Crippen molar-refractivity contribution in [3.05, 3.63) is 35.9 Å². The molecule has 1 aromatic rings. The van der Waals surface area contributed by atoms with E-state index in [1.165, 1.54) is 24.9 Å². The third-order valence-electron chi connectivity index (χ3n) is 2.93. The van der Waals surface area contributed by atoms with Crippen LogP contribution in [0.5, 0.6) is 0 Å². The second-order valence-electron chi connectivity index (χ2n) is 3.96. The first kappa shape index (κ1) is 8.76. The van der Waals surface area contributed by atoms with Gasteiger partial charge in [-0.3, -0.25) is 0 Å². The summed E-state index contributed by atoms with van der Waals surface area (Å²) in [6.45, 7) is 3.51. The van der Waals surface area contributed by atoms with Gasteiger partial charge in [-0.2, -0.15) is 0 Å². The molecule has 13 heavy (non-hydrogen) atoms. The number of hydrogen-bond acceptors (Lipinski definition) is 1. The molecule has 1 aliphatic heterocycles. The van der Waals surface area contributed by atoms with Crippen molar-refractivity contribution in [1.82, 2.24) is 5.32 Å². The summed E-state index contributed by atoms with van der Waals surface area (Å²) in [5, 5.41) is 3.59. The Morgan fingerprint density at radius 2 is 2.00 bits per heavy atom. The Balaban J connectivity index is 2.15. The molecule has 2 rings (SSSR count). The van der Waals surface area contributed by atoms with Crippen LogP contribution in [0.4, 0.5) is 0 Å². The van der Waals surface area contributed by atoms with Gasteiger partial charge in [-0.05, 0) is 30.9 Å². The first-order valence-corrected chi connectivity index (χ1v) is 5.16. The van der Waals surface area contributed by atoms with Crippen LogP contribution in [0.25, 0.3) is 0 Å². The highest BCUT2D eigenvalue weighted by Crippen LogP contribution is 2.28. The number of benzene rings is 1. The van der Waals surface area contributed by atoms with Gasteiger partial charge in [-0.25, -0.2) is 0 Å². The van der Waals surface area contributed by atoms with E-state index in [2.05, 4.69) is 42.6 Å². The largest absolute Gasteiger partial charge is 0.310 e. The number of piperidine rings is 1. The van der Waals surface area contributed by atoms with Crippen LogP contribution in [-0.2, 0) is 0 Å². The Bertz CT molecular complexity index is 255. The minimum Gasteiger partial charge on any atom is -0.310 e. The molecule has 0 unspecified atom stereocenters. The maximum absolute atomic E-state index is 3.59. The maximum atomic E-state index is 3.59. The van der Waals surface area contributed by atoms with Gasteiger partial charge in [-0.15, -0.1) is 0 Å². The van der Waals surface area contributed by atoms with Crippen molar-refractivity contribution in [1.29, 1.82) is 0 Å². The number of nitrogens with one attached hydrogen (secondary N) is 1. The summed E-state index contributed by atoms with van der Waals surface area (Å²) >= 11 is 0. The molecule has 1 nitrogen and oxygen atoms in total. The minimum atomic E-state index is 0.579. The molecule has 0 amide bonds. The van der Waals surface area contributed by atoms with Crippen molar-refractivity contribution < 1.29 is 0 Å². The van der Waals surface area contributed by atoms with Gasteiger partial charge < -0.3 is 5.32 Å². The predicted molar refractivity (Wildman–Crippen MR) is 55.6 cm³/mol. The average molecular weight is 175 g/mol. The van der Waals surface area contributed by atoms with Gasteiger partial charge in [-0.1, -0.05) is 37.3 Å². The van der Waals surface area contributed by atoms with Crippen molar-refractivity contribution in [2.24, 2.45) is 5.92 Å². The highest BCUT2D eigenvalue weighted by atomic mass is 14.9. The summed E-state index contributed by atoms with van der Waals surface area (Å²) in [5.41, 5.74) is 1.44. The monoisotopic (exact) mass is 175 g/mol. The Kier molecular flexibility index (Phi) is 2.65. The van der Waals surface area contributed by atoms with E-state index >= 15 is 0 Å². The van der Waals surface area contributed by atoms with Crippen LogP contribution in [0.3, 0.4) is 0 Å². The molecule has 1 heterocycles. The lowest BCUT2D eigenvalue weighted by Gasteiger charge is -2.30. The highest BCUT2D eigenvalue weighted by molar-refractivity contribution is 5.19. The summed E-state index contributed by atoms with van der Waals surface area (Å²) in [7, 11) is 0. The number of hydrogen-bond donors (Lipinski definition) is 1. The fraction of sp³-hybridized carbons (Fsp3) is 0.500. The zero-order valence-electron chi connectivity index (χ0n) is 8.16. The van der Waals surface area contributed by atoms with Crippen LogP contribution in [0.2, 0.25) is 0 Å². The Morgan fingerprint density at radius 1 is 1.23 bits per heavy atom. The second kappa shape index (κ2) is 3.93. The zero-order chi connectivity index (χ0) is 9.10. The SMILES string of the molecule is C[C@H]1CCCN[C@@H]1c1ccccc1. The molecule has 1 fully saturated rings. The molecular weight excluding hydrogens is 158 g/mol. The van der Waals surface area contributed by atoms with Crippen LogP contribution >= 0.6 is 0 Å². The van der Waals surface area contributed by atoms with Crippen molar-refractivity contribution in [2.45, 2.75) is 25.8 Å². The molecule has 1 aromatic carbocycles. The molecule has 70 valence electrons. The van der Waals surface area contributed by atoms with Crippen LogP contribution in [0, 0.1) is 5.92 Å². The van der Waals surface area contributed by atoms with Crippen molar-refractivity contribution in [3.63, 3.8) is 0 Å². The predicted octanol–water partition coefficient (Wildman–Crippen LogP) is 2.75. The van der Waals surface area contributed by atoms with E-state index in [0.29, 0.717) is 6.04 Å². The third kappa shape index (κ3) is 1.92. The van der Waals surface area contributed by atoms with Gasteiger partial charge in [0.15, 0.2) is 0 Å². The van der Waals surface area contributed by atoms with Gasteiger partial charge in [0.1, 0.15) is 0 Å². The quantitative estimate of drug-likeness (QED) is 0.692. The molecule has 2 atom stereocenters. The van der Waals surface area contributed by atoms with Gasteiger partial charge in [0, 0.05) is 6.04 Å². The molecule has 0 spiro atoms.